The zero-order valence-corrected chi connectivity index (χ0v) is 11.8. The number of benzene rings is 1. The molecule has 0 amide bonds. The first kappa shape index (κ1) is 14.9. The molecule has 1 N–H and O–H groups in total. The van der Waals surface area contributed by atoms with Gasteiger partial charge < -0.3 is 4.74 Å². The molecule has 0 fully saturated rings. The van der Waals surface area contributed by atoms with Crippen LogP contribution in [0.1, 0.15) is 19.4 Å². The van der Waals surface area contributed by atoms with E-state index in [0.717, 1.165) is 11.3 Å². The summed E-state index contributed by atoms with van der Waals surface area (Å²) in [5, 5.41) is 0. The van der Waals surface area contributed by atoms with Crippen LogP contribution in [0, 0.1) is 0 Å². The second-order valence-corrected chi connectivity index (χ2v) is 5.52. The van der Waals surface area contributed by atoms with Crippen LogP contribution in [0.15, 0.2) is 24.3 Å². The lowest BCUT2D eigenvalue weighted by Crippen LogP contribution is -2.40. The Bertz CT molecular complexity index is 470. The number of ether oxygens (including phenoxy) is 1. The van der Waals surface area contributed by atoms with E-state index < -0.39 is 10.2 Å². The van der Waals surface area contributed by atoms with E-state index in [0.29, 0.717) is 13.1 Å². The third kappa shape index (κ3) is 3.97. The van der Waals surface area contributed by atoms with E-state index in [9.17, 15) is 8.42 Å². The molecule has 1 aromatic rings. The Labute approximate surface area is 109 Å². The van der Waals surface area contributed by atoms with Crippen molar-refractivity contribution in [1.82, 2.24) is 9.03 Å². The Morgan fingerprint density at radius 2 is 1.94 bits per heavy atom. The molecule has 0 radical (unpaired) electrons. The SMILES string of the molecule is CCN(CC)S(=O)(=O)NCc1cccc(OC)c1. The summed E-state index contributed by atoms with van der Waals surface area (Å²) < 4.78 is 32.9. The molecule has 0 saturated carbocycles. The molecule has 0 saturated heterocycles. The van der Waals surface area contributed by atoms with Crippen molar-refractivity contribution in [2.75, 3.05) is 20.2 Å². The van der Waals surface area contributed by atoms with Gasteiger partial charge in [0, 0.05) is 19.6 Å². The summed E-state index contributed by atoms with van der Waals surface area (Å²) in [4.78, 5) is 0. The van der Waals surface area contributed by atoms with E-state index in [-0.39, 0.29) is 6.54 Å². The molecule has 0 aliphatic rings. The molecule has 0 aliphatic carbocycles. The molecule has 0 heterocycles. The highest BCUT2D eigenvalue weighted by molar-refractivity contribution is 7.87. The third-order valence-corrected chi connectivity index (χ3v) is 4.34. The van der Waals surface area contributed by atoms with Gasteiger partial charge in [0.1, 0.15) is 5.75 Å². The van der Waals surface area contributed by atoms with Gasteiger partial charge in [0.05, 0.1) is 7.11 Å². The maximum Gasteiger partial charge on any atom is 0.279 e. The van der Waals surface area contributed by atoms with E-state index >= 15 is 0 Å². The van der Waals surface area contributed by atoms with Gasteiger partial charge in [-0.25, -0.2) is 0 Å². The molecule has 0 aromatic heterocycles. The third-order valence-electron chi connectivity index (χ3n) is 2.64. The molecule has 1 aromatic carbocycles. The van der Waals surface area contributed by atoms with Crippen LogP contribution in [0.25, 0.3) is 0 Å². The predicted octanol–water partition coefficient (Wildman–Crippen LogP) is 1.37. The van der Waals surface area contributed by atoms with E-state index in [1.54, 1.807) is 7.11 Å². The summed E-state index contributed by atoms with van der Waals surface area (Å²) >= 11 is 0. The molecule has 18 heavy (non-hydrogen) atoms. The minimum atomic E-state index is -3.40. The zero-order chi connectivity index (χ0) is 13.6. The van der Waals surface area contributed by atoms with Gasteiger partial charge >= 0.3 is 0 Å². The largest absolute Gasteiger partial charge is 0.497 e. The van der Waals surface area contributed by atoms with Gasteiger partial charge in [0.25, 0.3) is 10.2 Å². The summed E-state index contributed by atoms with van der Waals surface area (Å²) in [7, 11) is -1.82. The normalized spacial score (nSPS) is 11.8. The number of methoxy groups -OCH3 is 1. The molecule has 0 spiro atoms. The van der Waals surface area contributed by atoms with Crippen LogP contribution in [0.4, 0.5) is 0 Å². The molecule has 102 valence electrons. The topological polar surface area (TPSA) is 58.6 Å². The Kier molecular flexibility index (Phi) is 5.58. The smallest absolute Gasteiger partial charge is 0.279 e. The Morgan fingerprint density at radius 3 is 2.50 bits per heavy atom. The Balaban J connectivity index is 2.69. The molecule has 0 aliphatic heterocycles. The van der Waals surface area contributed by atoms with Gasteiger partial charge in [-0.05, 0) is 17.7 Å². The molecular weight excluding hydrogens is 252 g/mol. The van der Waals surface area contributed by atoms with Crippen molar-refractivity contribution in [2.24, 2.45) is 0 Å². The number of nitrogens with zero attached hydrogens (tertiary/aromatic N) is 1. The Morgan fingerprint density at radius 1 is 1.28 bits per heavy atom. The summed E-state index contributed by atoms with van der Waals surface area (Å²) in [6.45, 7) is 4.81. The molecule has 0 unspecified atom stereocenters. The number of hydrogen-bond acceptors (Lipinski definition) is 3. The lowest BCUT2D eigenvalue weighted by atomic mass is 10.2. The quantitative estimate of drug-likeness (QED) is 0.815. The molecule has 0 bridgehead atoms. The van der Waals surface area contributed by atoms with E-state index in [4.69, 9.17) is 4.74 Å². The van der Waals surface area contributed by atoms with Crippen LogP contribution in [0.2, 0.25) is 0 Å². The second-order valence-electron chi connectivity index (χ2n) is 3.76. The number of hydrogen-bond donors (Lipinski definition) is 1. The van der Waals surface area contributed by atoms with Crippen LogP contribution in [0.3, 0.4) is 0 Å². The standard InChI is InChI=1S/C12H20N2O3S/c1-4-14(5-2)18(15,16)13-10-11-7-6-8-12(9-11)17-3/h6-9,13H,4-5,10H2,1-3H3. The zero-order valence-electron chi connectivity index (χ0n) is 11.0. The minimum Gasteiger partial charge on any atom is -0.497 e. The van der Waals surface area contributed by atoms with E-state index in [1.165, 1.54) is 4.31 Å². The van der Waals surface area contributed by atoms with Gasteiger partial charge in [-0.15, -0.1) is 0 Å². The van der Waals surface area contributed by atoms with E-state index in [2.05, 4.69) is 4.72 Å². The highest BCUT2D eigenvalue weighted by Crippen LogP contribution is 2.12. The maximum atomic E-state index is 11.9. The fourth-order valence-electron chi connectivity index (χ4n) is 1.61. The van der Waals surface area contributed by atoms with Crippen LogP contribution in [-0.2, 0) is 16.8 Å². The highest BCUT2D eigenvalue weighted by Gasteiger charge is 2.17. The van der Waals surface area contributed by atoms with Crippen molar-refractivity contribution in [1.29, 1.82) is 0 Å². The highest BCUT2D eigenvalue weighted by atomic mass is 32.2. The lowest BCUT2D eigenvalue weighted by molar-refractivity contribution is 0.414. The summed E-state index contributed by atoms with van der Waals surface area (Å²) in [5.74, 6) is 0.717. The molecule has 1 rings (SSSR count). The average Bonchev–Trinajstić information content (AvgIpc) is 2.38. The van der Waals surface area contributed by atoms with Gasteiger partial charge in [0.2, 0.25) is 0 Å². The van der Waals surface area contributed by atoms with Gasteiger partial charge in [-0.3, -0.25) is 0 Å². The van der Waals surface area contributed by atoms with Crippen molar-refractivity contribution in [3.05, 3.63) is 29.8 Å². The lowest BCUT2D eigenvalue weighted by Gasteiger charge is -2.18. The monoisotopic (exact) mass is 272 g/mol. The van der Waals surface area contributed by atoms with Crippen molar-refractivity contribution in [3.63, 3.8) is 0 Å². The van der Waals surface area contributed by atoms with Crippen LogP contribution >= 0.6 is 0 Å². The number of rotatable bonds is 7. The van der Waals surface area contributed by atoms with Gasteiger partial charge in [-0.1, -0.05) is 26.0 Å². The molecule has 6 heteroatoms. The predicted molar refractivity (Wildman–Crippen MR) is 71.7 cm³/mol. The van der Waals surface area contributed by atoms with Gasteiger partial charge in [0.15, 0.2) is 0 Å². The summed E-state index contributed by atoms with van der Waals surface area (Å²) in [6.07, 6.45) is 0. The first-order chi connectivity index (χ1) is 8.53. The summed E-state index contributed by atoms with van der Waals surface area (Å²) in [5.41, 5.74) is 0.866. The van der Waals surface area contributed by atoms with Crippen LogP contribution in [-0.4, -0.2) is 32.9 Å². The fraction of sp³-hybridized carbons (Fsp3) is 0.500. The van der Waals surface area contributed by atoms with Gasteiger partial charge in [-0.2, -0.15) is 17.4 Å². The molecule has 0 atom stereocenters. The summed E-state index contributed by atoms with van der Waals surface area (Å²) in [6, 6.07) is 7.32. The van der Waals surface area contributed by atoms with E-state index in [1.807, 2.05) is 38.1 Å². The van der Waals surface area contributed by atoms with Crippen molar-refractivity contribution < 1.29 is 13.2 Å². The van der Waals surface area contributed by atoms with Crippen molar-refractivity contribution in [2.45, 2.75) is 20.4 Å². The van der Waals surface area contributed by atoms with Crippen LogP contribution in [0.5, 0.6) is 5.75 Å². The van der Waals surface area contributed by atoms with Crippen molar-refractivity contribution in [3.8, 4) is 5.75 Å². The Hall–Kier alpha value is -1.11. The fourth-order valence-corrected chi connectivity index (χ4v) is 2.82. The number of nitrogens with one attached hydrogen (secondary N) is 1. The van der Waals surface area contributed by atoms with Crippen LogP contribution < -0.4 is 9.46 Å². The first-order valence-corrected chi connectivity index (χ1v) is 7.35. The molecular formula is C12H20N2O3S. The average molecular weight is 272 g/mol. The first-order valence-electron chi connectivity index (χ1n) is 5.91. The maximum absolute atomic E-state index is 11.9. The molecule has 5 nitrogen and oxygen atoms in total. The minimum absolute atomic E-state index is 0.260. The van der Waals surface area contributed by atoms with Crippen molar-refractivity contribution >= 4 is 10.2 Å². The second kappa shape index (κ2) is 6.72.